The Hall–Kier alpha value is -1.97. The number of rotatable bonds is 4. The predicted molar refractivity (Wildman–Crippen MR) is 110 cm³/mol. The highest BCUT2D eigenvalue weighted by molar-refractivity contribution is 5.79. The van der Waals surface area contributed by atoms with Gasteiger partial charge in [-0.3, -0.25) is 14.5 Å². The van der Waals surface area contributed by atoms with Crippen molar-refractivity contribution in [1.29, 1.82) is 0 Å². The van der Waals surface area contributed by atoms with Crippen LogP contribution in [0.1, 0.15) is 37.9 Å². The van der Waals surface area contributed by atoms with E-state index in [4.69, 9.17) is 14.6 Å². The van der Waals surface area contributed by atoms with Crippen molar-refractivity contribution < 1.29 is 24.5 Å². The number of likely N-dealkylation sites (tertiary alicyclic amines) is 2. The number of aliphatic hydroxyl groups excluding tert-OH is 1. The van der Waals surface area contributed by atoms with Gasteiger partial charge in [-0.25, -0.2) is 4.98 Å². The molecule has 1 aromatic rings. The number of aliphatic hydroxyl groups is 1. The molecule has 3 aliphatic rings. The number of ether oxygens (including phenoxy) is 1. The van der Waals surface area contributed by atoms with E-state index in [0.29, 0.717) is 13.2 Å². The summed E-state index contributed by atoms with van der Waals surface area (Å²) in [5, 5.41) is 17.2. The van der Waals surface area contributed by atoms with Crippen LogP contribution in [-0.2, 0) is 27.9 Å². The maximum absolute atomic E-state index is 13.1. The topological polar surface area (TPSA) is 108 Å². The van der Waals surface area contributed by atoms with Crippen LogP contribution in [0, 0.1) is 11.3 Å². The summed E-state index contributed by atoms with van der Waals surface area (Å²) in [6.07, 6.45) is 8.51. The summed E-state index contributed by atoms with van der Waals surface area (Å²) in [6.45, 7) is 4.60. The molecule has 9 heteroatoms. The highest BCUT2D eigenvalue weighted by Crippen LogP contribution is 2.43. The second-order valence-electron chi connectivity index (χ2n) is 8.59. The molecule has 0 aliphatic carbocycles. The molecule has 0 spiro atoms. The van der Waals surface area contributed by atoms with Gasteiger partial charge in [0.05, 0.1) is 13.2 Å². The third-order valence-electron chi connectivity index (χ3n) is 7.00. The number of nitrogens with zero attached hydrogens (tertiary/aromatic N) is 4. The molecule has 168 valence electrons. The second kappa shape index (κ2) is 10.4. The fourth-order valence-electron chi connectivity index (χ4n) is 5.19. The van der Waals surface area contributed by atoms with E-state index in [1.165, 1.54) is 0 Å². The second-order valence-corrected chi connectivity index (χ2v) is 8.59. The summed E-state index contributed by atoms with van der Waals surface area (Å²) in [4.78, 5) is 30.4. The number of hydrogen-bond donors (Lipinski definition) is 2. The van der Waals surface area contributed by atoms with Crippen molar-refractivity contribution in [2.45, 2.75) is 44.7 Å². The number of imidazole rings is 1. The average molecular weight is 423 g/mol. The molecule has 9 nitrogen and oxygen atoms in total. The van der Waals surface area contributed by atoms with Crippen molar-refractivity contribution in [2.75, 3.05) is 39.5 Å². The molecule has 4 heterocycles. The van der Waals surface area contributed by atoms with Crippen molar-refractivity contribution in [1.82, 2.24) is 19.4 Å². The Kier molecular flexibility index (Phi) is 7.85. The van der Waals surface area contributed by atoms with Crippen LogP contribution in [0.4, 0.5) is 0 Å². The van der Waals surface area contributed by atoms with E-state index in [2.05, 4.69) is 19.4 Å². The van der Waals surface area contributed by atoms with E-state index in [1.807, 2.05) is 19.4 Å². The van der Waals surface area contributed by atoms with E-state index in [1.54, 1.807) is 0 Å². The first-order valence-electron chi connectivity index (χ1n) is 10.8. The van der Waals surface area contributed by atoms with Gasteiger partial charge in [-0.05, 0) is 38.6 Å². The standard InChI is InChI=1S/C20H32N4O3.CH2O2/c1-22-10-7-21-18(22)14-23-8-2-5-20(15-25)6-9-24(13-17(20)23)19(26)16-3-11-27-12-4-16;2-1-3/h7,10,16-17,25H,2-6,8-9,11-15H2,1H3;1H,(H,2,3)/t17-,20-;/m0./s1. The van der Waals surface area contributed by atoms with Gasteiger partial charge in [-0.2, -0.15) is 0 Å². The minimum Gasteiger partial charge on any atom is -0.483 e. The normalized spacial score (nSPS) is 27.7. The molecule has 2 N–H and O–H groups in total. The van der Waals surface area contributed by atoms with Crippen LogP contribution >= 0.6 is 0 Å². The van der Waals surface area contributed by atoms with Crippen molar-refractivity contribution in [3.05, 3.63) is 18.2 Å². The molecule has 0 saturated carbocycles. The molecule has 4 rings (SSSR count). The molecular formula is C21H34N4O5. The van der Waals surface area contributed by atoms with E-state index in [-0.39, 0.29) is 36.4 Å². The highest BCUT2D eigenvalue weighted by Gasteiger charge is 2.48. The summed E-state index contributed by atoms with van der Waals surface area (Å²) in [5.41, 5.74) is -0.0874. The molecule has 1 aromatic heterocycles. The smallest absolute Gasteiger partial charge is 0.290 e. The highest BCUT2D eigenvalue weighted by atomic mass is 16.5. The van der Waals surface area contributed by atoms with Crippen LogP contribution in [-0.4, -0.2) is 87.4 Å². The first kappa shape index (κ1) is 22.7. The monoisotopic (exact) mass is 422 g/mol. The number of carbonyl (C=O) groups is 2. The summed E-state index contributed by atoms with van der Waals surface area (Å²) in [7, 11) is 2.02. The summed E-state index contributed by atoms with van der Waals surface area (Å²) in [6, 6.07) is 0.200. The number of piperidine rings is 2. The van der Waals surface area contributed by atoms with Gasteiger partial charge in [0.15, 0.2) is 0 Å². The van der Waals surface area contributed by atoms with Gasteiger partial charge in [0, 0.05) is 63.1 Å². The van der Waals surface area contributed by atoms with E-state index in [0.717, 1.165) is 64.1 Å². The molecule has 2 atom stereocenters. The first-order chi connectivity index (χ1) is 14.5. The fourth-order valence-corrected chi connectivity index (χ4v) is 5.19. The van der Waals surface area contributed by atoms with Crippen LogP contribution < -0.4 is 0 Å². The van der Waals surface area contributed by atoms with Gasteiger partial charge in [0.25, 0.3) is 6.47 Å². The van der Waals surface area contributed by atoms with Crippen molar-refractivity contribution in [3.8, 4) is 0 Å². The van der Waals surface area contributed by atoms with E-state index in [9.17, 15) is 9.90 Å². The third kappa shape index (κ3) is 4.84. The molecule has 0 radical (unpaired) electrons. The maximum Gasteiger partial charge on any atom is 0.290 e. The number of carbonyl (C=O) groups excluding carboxylic acids is 1. The van der Waals surface area contributed by atoms with Gasteiger partial charge < -0.3 is 24.4 Å². The minimum absolute atomic E-state index is 0.0874. The van der Waals surface area contributed by atoms with Crippen LogP contribution in [0.3, 0.4) is 0 Å². The summed E-state index contributed by atoms with van der Waals surface area (Å²) in [5.74, 6) is 1.43. The Morgan fingerprint density at radius 1 is 1.33 bits per heavy atom. The Bertz CT molecular complexity index is 705. The molecular weight excluding hydrogens is 388 g/mol. The average Bonchev–Trinajstić information content (AvgIpc) is 3.18. The van der Waals surface area contributed by atoms with Gasteiger partial charge in [-0.15, -0.1) is 0 Å². The summed E-state index contributed by atoms with van der Waals surface area (Å²) < 4.78 is 7.48. The maximum atomic E-state index is 13.1. The minimum atomic E-state index is -0.250. The quantitative estimate of drug-likeness (QED) is 0.689. The lowest BCUT2D eigenvalue weighted by atomic mass is 9.68. The zero-order chi connectivity index (χ0) is 21.6. The predicted octanol–water partition coefficient (Wildman–Crippen LogP) is 0.723. The zero-order valence-corrected chi connectivity index (χ0v) is 17.8. The molecule has 3 fully saturated rings. The molecule has 3 saturated heterocycles. The van der Waals surface area contributed by atoms with Crippen LogP contribution in [0.2, 0.25) is 0 Å². The fraction of sp³-hybridized carbons (Fsp3) is 0.762. The van der Waals surface area contributed by atoms with Crippen LogP contribution in [0.5, 0.6) is 0 Å². The lowest BCUT2D eigenvalue weighted by molar-refractivity contribution is -0.148. The largest absolute Gasteiger partial charge is 0.483 e. The summed E-state index contributed by atoms with van der Waals surface area (Å²) >= 11 is 0. The van der Waals surface area contributed by atoms with Gasteiger partial charge in [0.1, 0.15) is 5.82 Å². The number of amides is 1. The molecule has 30 heavy (non-hydrogen) atoms. The molecule has 3 aliphatic heterocycles. The van der Waals surface area contributed by atoms with E-state index >= 15 is 0 Å². The number of aromatic nitrogens is 2. The third-order valence-corrected chi connectivity index (χ3v) is 7.00. The Morgan fingerprint density at radius 3 is 2.70 bits per heavy atom. The van der Waals surface area contributed by atoms with Crippen molar-refractivity contribution >= 4 is 12.4 Å². The van der Waals surface area contributed by atoms with Crippen LogP contribution in [0.15, 0.2) is 12.4 Å². The molecule has 1 amide bonds. The number of carboxylic acid groups (broad SMARTS) is 1. The lowest BCUT2D eigenvalue weighted by Gasteiger charge is -2.54. The van der Waals surface area contributed by atoms with Crippen molar-refractivity contribution in [2.24, 2.45) is 18.4 Å². The number of hydrogen-bond acceptors (Lipinski definition) is 6. The Balaban J connectivity index is 0.000000806. The zero-order valence-electron chi connectivity index (χ0n) is 17.8. The van der Waals surface area contributed by atoms with E-state index < -0.39 is 0 Å². The van der Waals surface area contributed by atoms with Crippen molar-refractivity contribution in [3.63, 3.8) is 0 Å². The Morgan fingerprint density at radius 2 is 2.07 bits per heavy atom. The van der Waals surface area contributed by atoms with Gasteiger partial charge in [0.2, 0.25) is 5.91 Å². The molecule has 0 bridgehead atoms. The Labute approximate surface area is 177 Å². The van der Waals surface area contributed by atoms with Gasteiger partial charge in [-0.1, -0.05) is 0 Å². The van der Waals surface area contributed by atoms with Gasteiger partial charge >= 0.3 is 0 Å². The number of aryl methyl sites for hydroxylation is 1. The first-order valence-corrected chi connectivity index (χ1v) is 10.8. The molecule has 0 aromatic carbocycles. The lowest BCUT2D eigenvalue weighted by Crippen LogP contribution is -2.63. The SMILES string of the molecule is Cn1ccnc1CN1CCC[C@@]2(CO)CCN(C(=O)C3CCOCC3)C[C@H]12.O=CO. The van der Waals surface area contributed by atoms with Crippen LogP contribution in [0.25, 0.3) is 0 Å². The number of fused-ring (bicyclic) bond motifs is 1. The molecule has 0 unspecified atom stereocenters.